The number of benzene rings is 2. The molecule has 3 aromatic heterocycles. The first kappa shape index (κ1) is 24.2. The number of halogens is 1. The molecule has 0 saturated heterocycles. The molecule has 3 heterocycles. The van der Waals surface area contributed by atoms with Gasteiger partial charge in [0.2, 0.25) is 5.91 Å². The summed E-state index contributed by atoms with van der Waals surface area (Å²) >= 11 is 0. The first-order chi connectivity index (χ1) is 18.0. The Labute approximate surface area is 213 Å². The van der Waals surface area contributed by atoms with Crippen molar-refractivity contribution in [2.45, 2.75) is 25.8 Å². The van der Waals surface area contributed by atoms with Crippen LogP contribution in [-0.2, 0) is 17.6 Å². The van der Waals surface area contributed by atoms with Crippen molar-refractivity contribution in [2.75, 3.05) is 6.54 Å². The number of nitrogens with two attached hydrogens (primary N) is 1. The van der Waals surface area contributed by atoms with Crippen molar-refractivity contribution < 1.29 is 13.9 Å². The summed E-state index contributed by atoms with van der Waals surface area (Å²) in [6.45, 7) is 2.35. The predicted octanol–water partition coefficient (Wildman–Crippen LogP) is 4.22. The topological polar surface area (TPSA) is 111 Å². The van der Waals surface area contributed by atoms with Crippen LogP contribution in [0.1, 0.15) is 16.7 Å². The average Bonchev–Trinajstić information content (AvgIpc) is 3.53. The molecule has 0 aliphatic rings. The zero-order valence-corrected chi connectivity index (χ0v) is 20.3. The van der Waals surface area contributed by atoms with Crippen molar-refractivity contribution in [3.8, 4) is 17.2 Å². The fourth-order valence-corrected chi connectivity index (χ4v) is 4.16. The number of carbonyl (C=O) groups is 1. The van der Waals surface area contributed by atoms with E-state index in [-0.39, 0.29) is 18.1 Å². The van der Waals surface area contributed by atoms with Crippen LogP contribution in [0.25, 0.3) is 16.7 Å². The minimum absolute atomic E-state index is 0.0888. The van der Waals surface area contributed by atoms with E-state index in [0.29, 0.717) is 29.9 Å². The van der Waals surface area contributed by atoms with Gasteiger partial charge in [0, 0.05) is 25.1 Å². The van der Waals surface area contributed by atoms with E-state index in [1.807, 2.05) is 49.6 Å². The smallest absolute Gasteiger partial charge is 0.237 e. The van der Waals surface area contributed by atoms with Crippen LogP contribution in [0.5, 0.6) is 11.5 Å². The van der Waals surface area contributed by atoms with Crippen LogP contribution in [0.2, 0.25) is 0 Å². The number of aryl methyl sites for hydroxylation is 1. The highest BCUT2D eigenvalue weighted by molar-refractivity contribution is 5.86. The van der Waals surface area contributed by atoms with E-state index in [1.165, 1.54) is 6.07 Å². The molecule has 0 saturated carbocycles. The maximum absolute atomic E-state index is 14.8. The molecule has 5 rings (SSSR count). The summed E-state index contributed by atoms with van der Waals surface area (Å²) in [5, 5.41) is 8.02. The van der Waals surface area contributed by atoms with Crippen LogP contribution in [0.15, 0.2) is 79.4 Å². The Morgan fingerprint density at radius 2 is 2.00 bits per heavy atom. The van der Waals surface area contributed by atoms with E-state index < -0.39 is 11.9 Å². The van der Waals surface area contributed by atoms with Crippen molar-refractivity contribution in [3.63, 3.8) is 0 Å². The molecule has 0 spiro atoms. The van der Waals surface area contributed by atoms with Gasteiger partial charge >= 0.3 is 0 Å². The van der Waals surface area contributed by atoms with Gasteiger partial charge in [0.25, 0.3) is 0 Å². The fraction of sp³-hybridized carbons (Fsp3) is 0.179. The highest BCUT2D eigenvalue weighted by Crippen LogP contribution is 2.32. The highest BCUT2D eigenvalue weighted by Gasteiger charge is 2.16. The van der Waals surface area contributed by atoms with Crippen molar-refractivity contribution in [3.05, 3.63) is 102 Å². The van der Waals surface area contributed by atoms with E-state index in [9.17, 15) is 9.18 Å². The van der Waals surface area contributed by atoms with E-state index in [0.717, 1.165) is 22.2 Å². The lowest BCUT2D eigenvalue weighted by molar-refractivity contribution is -0.122. The molecule has 0 radical (unpaired) electrons. The third kappa shape index (κ3) is 5.52. The Balaban J connectivity index is 1.14. The van der Waals surface area contributed by atoms with Gasteiger partial charge in [-0.15, -0.1) is 0 Å². The number of fused-ring (bicyclic) bond motifs is 1. The van der Waals surface area contributed by atoms with Crippen molar-refractivity contribution in [1.82, 2.24) is 25.1 Å². The summed E-state index contributed by atoms with van der Waals surface area (Å²) in [5.74, 6) is -0.219. The molecule has 9 heteroatoms. The van der Waals surface area contributed by atoms with E-state index in [4.69, 9.17) is 10.5 Å². The molecule has 8 nitrogen and oxygen atoms in total. The van der Waals surface area contributed by atoms with Gasteiger partial charge in [-0.05, 0) is 66.8 Å². The molecule has 0 fully saturated rings. The minimum atomic E-state index is -0.805. The van der Waals surface area contributed by atoms with Crippen LogP contribution >= 0.6 is 0 Å². The van der Waals surface area contributed by atoms with Gasteiger partial charge in [0.15, 0.2) is 11.6 Å². The second-order valence-electron chi connectivity index (χ2n) is 8.85. The predicted molar refractivity (Wildman–Crippen MR) is 139 cm³/mol. The molecule has 188 valence electrons. The molecule has 0 aliphatic carbocycles. The number of nitrogens with one attached hydrogen (secondary N) is 2. The Hall–Kier alpha value is -4.50. The third-order valence-corrected chi connectivity index (χ3v) is 6.11. The summed E-state index contributed by atoms with van der Waals surface area (Å²) in [6.07, 6.45) is 7.96. The quantitative estimate of drug-likeness (QED) is 0.282. The summed E-state index contributed by atoms with van der Waals surface area (Å²) in [5.41, 5.74) is 10.3. The number of nitrogens with zero attached hydrogens (tertiary/aromatic N) is 3. The molecule has 37 heavy (non-hydrogen) atoms. The number of aromatic amines is 1. The van der Waals surface area contributed by atoms with Crippen LogP contribution in [0.4, 0.5) is 4.39 Å². The lowest BCUT2D eigenvalue weighted by Crippen LogP contribution is -2.42. The Morgan fingerprint density at radius 3 is 2.81 bits per heavy atom. The molecule has 2 aromatic carbocycles. The van der Waals surface area contributed by atoms with Gasteiger partial charge in [0.1, 0.15) is 11.4 Å². The number of amides is 1. The Bertz CT molecular complexity index is 1530. The van der Waals surface area contributed by atoms with E-state index in [1.54, 1.807) is 35.3 Å². The molecule has 1 atom stereocenters. The molecule has 0 unspecified atom stereocenters. The zero-order valence-electron chi connectivity index (χ0n) is 20.3. The second kappa shape index (κ2) is 10.6. The van der Waals surface area contributed by atoms with Gasteiger partial charge in [-0.3, -0.25) is 4.79 Å². The van der Waals surface area contributed by atoms with Gasteiger partial charge in [0.05, 0.1) is 23.3 Å². The van der Waals surface area contributed by atoms with Gasteiger partial charge in [-0.2, -0.15) is 5.10 Å². The summed E-state index contributed by atoms with van der Waals surface area (Å²) in [6, 6.07) is 15.3. The molecular formula is C28H27FN6O2. The molecule has 0 bridgehead atoms. The number of H-pyrrole nitrogens is 1. The van der Waals surface area contributed by atoms with Gasteiger partial charge in [-0.25, -0.2) is 14.1 Å². The third-order valence-electron chi connectivity index (χ3n) is 6.11. The monoisotopic (exact) mass is 498 g/mol. The van der Waals surface area contributed by atoms with Crippen molar-refractivity contribution in [1.29, 1.82) is 0 Å². The SMILES string of the molecule is Cc1c[nH]c2nccc(Oc3ccc(C[C@H](N)C(=O)NCCc4cnn(-c5ccccc5)c4)cc3F)c12. The first-order valence-corrected chi connectivity index (χ1v) is 12.0. The number of ether oxygens (including phenoxy) is 1. The van der Waals surface area contributed by atoms with Crippen LogP contribution in [0.3, 0.4) is 0 Å². The van der Waals surface area contributed by atoms with Crippen LogP contribution in [-0.4, -0.2) is 38.2 Å². The zero-order chi connectivity index (χ0) is 25.8. The Morgan fingerprint density at radius 1 is 1.16 bits per heavy atom. The highest BCUT2D eigenvalue weighted by atomic mass is 19.1. The number of hydrogen-bond acceptors (Lipinski definition) is 5. The van der Waals surface area contributed by atoms with Gasteiger partial charge < -0.3 is 20.8 Å². The first-order valence-electron chi connectivity index (χ1n) is 12.0. The second-order valence-corrected chi connectivity index (χ2v) is 8.85. The van der Waals surface area contributed by atoms with Crippen molar-refractivity contribution >= 4 is 16.9 Å². The number of aromatic nitrogens is 4. The van der Waals surface area contributed by atoms with Gasteiger partial charge in [-0.1, -0.05) is 24.3 Å². The van der Waals surface area contributed by atoms with E-state index >= 15 is 0 Å². The molecule has 1 amide bonds. The molecule has 5 aromatic rings. The van der Waals surface area contributed by atoms with Crippen LogP contribution < -0.4 is 15.8 Å². The number of rotatable bonds is 9. The molecule has 4 N–H and O–H groups in total. The largest absolute Gasteiger partial charge is 0.453 e. The standard InChI is InChI=1S/C28H27FN6O2/c1-18-15-33-27-26(18)25(10-12-31-27)37-24-8-7-19(13-22(24)29)14-23(30)28(36)32-11-9-20-16-34-35(17-20)21-5-3-2-4-6-21/h2-8,10,12-13,15-17,23H,9,11,14,30H2,1H3,(H,31,33)(H,32,36)/t23-/m0/s1. The lowest BCUT2D eigenvalue weighted by atomic mass is 10.1. The number of pyridine rings is 1. The van der Waals surface area contributed by atoms with Crippen LogP contribution in [0, 0.1) is 12.7 Å². The molecular weight excluding hydrogens is 471 g/mol. The van der Waals surface area contributed by atoms with E-state index in [2.05, 4.69) is 20.4 Å². The van der Waals surface area contributed by atoms with Crippen molar-refractivity contribution in [2.24, 2.45) is 5.73 Å². The minimum Gasteiger partial charge on any atom is -0.453 e. The molecule has 0 aliphatic heterocycles. The Kier molecular flexibility index (Phi) is 6.96. The number of hydrogen-bond donors (Lipinski definition) is 3. The number of para-hydroxylation sites is 1. The summed E-state index contributed by atoms with van der Waals surface area (Å²) < 4.78 is 22.5. The normalized spacial score (nSPS) is 12.0. The maximum atomic E-state index is 14.8. The number of carbonyl (C=O) groups excluding carboxylic acids is 1. The average molecular weight is 499 g/mol. The maximum Gasteiger partial charge on any atom is 0.237 e. The summed E-state index contributed by atoms with van der Waals surface area (Å²) in [4.78, 5) is 19.8. The summed E-state index contributed by atoms with van der Waals surface area (Å²) in [7, 11) is 0. The fourth-order valence-electron chi connectivity index (χ4n) is 4.16. The lowest BCUT2D eigenvalue weighted by Gasteiger charge is -2.13.